The van der Waals surface area contributed by atoms with E-state index < -0.39 is 30.6 Å². The highest BCUT2D eigenvalue weighted by atomic mass is 16.6. The summed E-state index contributed by atoms with van der Waals surface area (Å²) in [5.41, 5.74) is 0.960. The van der Waals surface area contributed by atoms with Gasteiger partial charge in [0.1, 0.15) is 5.75 Å². The molecule has 0 bridgehead atoms. The SMILES string of the molecule is CCC(=O)c1ccc(OCC(=O)O[C@H](C(=O)NC(=O)NC)c2ccccc2)cc1. The van der Waals surface area contributed by atoms with Gasteiger partial charge in [-0.05, 0) is 24.3 Å². The minimum atomic E-state index is -1.31. The highest BCUT2D eigenvalue weighted by Gasteiger charge is 2.26. The van der Waals surface area contributed by atoms with Gasteiger partial charge in [0.25, 0.3) is 5.91 Å². The maximum absolute atomic E-state index is 12.3. The van der Waals surface area contributed by atoms with Crippen LogP contribution < -0.4 is 15.4 Å². The molecule has 3 amide bonds. The predicted molar refractivity (Wildman–Crippen MR) is 104 cm³/mol. The summed E-state index contributed by atoms with van der Waals surface area (Å²) < 4.78 is 10.6. The molecule has 0 aliphatic carbocycles. The summed E-state index contributed by atoms with van der Waals surface area (Å²) in [6.45, 7) is 1.32. The van der Waals surface area contributed by atoms with Gasteiger partial charge < -0.3 is 14.8 Å². The van der Waals surface area contributed by atoms with Gasteiger partial charge in [-0.25, -0.2) is 9.59 Å². The summed E-state index contributed by atoms with van der Waals surface area (Å²) in [7, 11) is 1.36. The minimum Gasteiger partial charge on any atom is -0.482 e. The van der Waals surface area contributed by atoms with E-state index in [1.165, 1.54) is 7.05 Å². The van der Waals surface area contributed by atoms with Crippen molar-refractivity contribution in [3.63, 3.8) is 0 Å². The van der Waals surface area contributed by atoms with E-state index in [0.717, 1.165) is 0 Å². The first kappa shape index (κ1) is 21.6. The molecule has 2 N–H and O–H groups in total. The van der Waals surface area contributed by atoms with Crippen molar-refractivity contribution in [2.45, 2.75) is 19.4 Å². The largest absolute Gasteiger partial charge is 0.482 e. The van der Waals surface area contributed by atoms with Crippen molar-refractivity contribution in [1.82, 2.24) is 10.6 Å². The second kappa shape index (κ2) is 10.6. The molecule has 1 atom stereocenters. The van der Waals surface area contributed by atoms with Crippen molar-refractivity contribution in [2.24, 2.45) is 0 Å². The first-order valence-electron chi connectivity index (χ1n) is 8.97. The Labute approximate surface area is 168 Å². The van der Waals surface area contributed by atoms with Crippen LogP contribution in [-0.4, -0.2) is 37.3 Å². The molecule has 0 saturated carbocycles. The van der Waals surface area contributed by atoms with E-state index in [9.17, 15) is 19.2 Å². The van der Waals surface area contributed by atoms with Gasteiger partial charge in [-0.3, -0.25) is 14.9 Å². The lowest BCUT2D eigenvalue weighted by molar-refractivity contribution is -0.158. The molecule has 2 aromatic carbocycles. The van der Waals surface area contributed by atoms with Gasteiger partial charge in [-0.15, -0.1) is 0 Å². The molecule has 0 fully saturated rings. The number of carbonyl (C=O) groups excluding carboxylic acids is 4. The third kappa shape index (κ3) is 6.46. The highest BCUT2D eigenvalue weighted by Crippen LogP contribution is 2.19. The Hall–Kier alpha value is -3.68. The lowest BCUT2D eigenvalue weighted by Gasteiger charge is -2.17. The zero-order valence-corrected chi connectivity index (χ0v) is 16.1. The maximum atomic E-state index is 12.3. The van der Waals surface area contributed by atoms with Gasteiger partial charge >= 0.3 is 12.0 Å². The Morgan fingerprint density at radius 1 is 0.966 bits per heavy atom. The summed E-state index contributed by atoms with van der Waals surface area (Å²) in [6.07, 6.45) is -0.917. The summed E-state index contributed by atoms with van der Waals surface area (Å²) in [4.78, 5) is 47.6. The van der Waals surface area contributed by atoms with Crippen LogP contribution in [0.4, 0.5) is 4.79 Å². The van der Waals surface area contributed by atoms with Crippen molar-refractivity contribution in [1.29, 1.82) is 0 Å². The zero-order chi connectivity index (χ0) is 21.2. The Kier molecular flexibility index (Phi) is 7.90. The number of hydrogen-bond acceptors (Lipinski definition) is 6. The van der Waals surface area contributed by atoms with Crippen LogP contribution in [0, 0.1) is 0 Å². The molecule has 8 heteroatoms. The maximum Gasteiger partial charge on any atom is 0.345 e. The number of imide groups is 1. The third-order valence-electron chi connectivity index (χ3n) is 3.91. The number of esters is 1. The van der Waals surface area contributed by atoms with E-state index in [2.05, 4.69) is 10.6 Å². The molecule has 29 heavy (non-hydrogen) atoms. The van der Waals surface area contributed by atoms with Crippen LogP contribution in [0.3, 0.4) is 0 Å². The normalized spacial score (nSPS) is 11.1. The van der Waals surface area contributed by atoms with Gasteiger partial charge in [0.05, 0.1) is 0 Å². The van der Waals surface area contributed by atoms with Crippen molar-refractivity contribution in [3.05, 3.63) is 65.7 Å². The topological polar surface area (TPSA) is 111 Å². The Morgan fingerprint density at radius 2 is 1.62 bits per heavy atom. The Balaban J connectivity index is 2.01. The average Bonchev–Trinajstić information content (AvgIpc) is 2.76. The minimum absolute atomic E-state index is 0.00351. The molecule has 0 aromatic heterocycles. The van der Waals surface area contributed by atoms with E-state index >= 15 is 0 Å². The predicted octanol–water partition coefficient (Wildman–Crippen LogP) is 2.40. The van der Waals surface area contributed by atoms with Gasteiger partial charge in [-0.2, -0.15) is 0 Å². The van der Waals surface area contributed by atoms with Crippen molar-refractivity contribution in [2.75, 3.05) is 13.7 Å². The van der Waals surface area contributed by atoms with Gasteiger partial charge in [0.2, 0.25) is 6.10 Å². The molecule has 0 saturated heterocycles. The lowest BCUT2D eigenvalue weighted by Crippen LogP contribution is -2.41. The van der Waals surface area contributed by atoms with Crippen molar-refractivity contribution < 1.29 is 28.7 Å². The molecule has 0 aliphatic heterocycles. The molecule has 0 aliphatic rings. The van der Waals surface area contributed by atoms with E-state index in [-0.39, 0.29) is 5.78 Å². The summed E-state index contributed by atoms with van der Waals surface area (Å²) in [5.74, 6) is -1.20. The average molecular weight is 398 g/mol. The van der Waals surface area contributed by atoms with Crippen molar-refractivity contribution in [3.8, 4) is 5.75 Å². The Bertz CT molecular complexity index is 864. The molecule has 8 nitrogen and oxygen atoms in total. The fourth-order valence-corrected chi connectivity index (χ4v) is 2.39. The van der Waals surface area contributed by atoms with Crippen LogP contribution >= 0.6 is 0 Å². The molecule has 0 spiro atoms. The quantitative estimate of drug-likeness (QED) is 0.522. The van der Waals surface area contributed by atoms with Crippen LogP contribution in [0.2, 0.25) is 0 Å². The molecule has 0 radical (unpaired) electrons. The number of rotatable bonds is 8. The summed E-state index contributed by atoms with van der Waals surface area (Å²) in [5, 5.41) is 4.35. The van der Waals surface area contributed by atoms with Crippen LogP contribution in [-0.2, 0) is 14.3 Å². The highest BCUT2D eigenvalue weighted by molar-refractivity contribution is 5.97. The summed E-state index contributed by atoms with van der Waals surface area (Å²) >= 11 is 0. The first-order valence-corrected chi connectivity index (χ1v) is 8.97. The number of Topliss-reactive ketones (excluding diaryl/α,β-unsaturated/α-hetero) is 1. The number of hydrogen-bond donors (Lipinski definition) is 2. The van der Waals surface area contributed by atoms with E-state index in [0.29, 0.717) is 23.3 Å². The number of benzene rings is 2. The fraction of sp³-hybridized carbons (Fsp3) is 0.238. The van der Waals surface area contributed by atoms with E-state index in [4.69, 9.17) is 9.47 Å². The Morgan fingerprint density at radius 3 is 2.21 bits per heavy atom. The first-order chi connectivity index (χ1) is 13.9. The third-order valence-corrected chi connectivity index (χ3v) is 3.91. The fourth-order valence-electron chi connectivity index (χ4n) is 2.39. The number of nitrogens with one attached hydrogen (secondary N) is 2. The molecule has 152 valence electrons. The van der Waals surface area contributed by atoms with Crippen LogP contribution in [0.1, 0.15) is 35.4 Å². The smallest absolute Gasteiger partial charge is 0.345 e. The standard InChI is InChI=1S/C21H22N2O6/c1-3-17(24)14-9-11-16(12-10-14)28-13-18(25)29-19(15-7-5-4-6-8-15)20(26)23-21(27)22-2/h4-12,19H,3,13H2,1-2H3,(H2,22,23,26,27)/t19-/m0/s1. The van der Waals surface area contributed by atoms with E-state index in [1.54, 1.807) is 61.5 Å². The van der Waals surface area contributed by atoms with Gasteiger partial charge in [0.15, 0.2) is 12.4 Å². The second-order valence-corrected chi connectivity index (χ2v) is 5.94. The van der Waals surface area contributed by atoms with Crippen LogP contribution in [0.25, 0.3) is 0 Å². The molecule has 2 rings (SSSR count). The van der Waals surface area contributed by atoms with Crippen molar-refractivity contribution >= 4 is 23.7 Å². The number of ether oxygens (including phenoxy) is 2. The molecule has 2 aromatic rings. The molecule has 0 heterocycles. The van der Waals surface area contributed by atoms with Crippen LogP contribution in [0.5, 0.6) is 5.75 Å². The molecule has 0 unspecified atom stereocenters. The number of urea groups is 1. The monoisotopic (exact) mass is 398 g/mol. The number of ketones is 1. The molecular formula is C21H22N2O6. The second-order valence-electron chi connectivity index (χ2n) is 5.94. The zero-order valence-electron chi connectivity index (χ0n) is 16.1. The number of amides is 3. The molecular weight excluding hydrogens is 376 g/mol. The lowest BCUT2D eigenvalue weighted by atomic mass is 10.1. The van der Waals surface area contributed by atoms with Gasteiger partial charge in [-0.1, -0.05) is 37.3 Å². The van der Waals surface area contributed by atoms with Crippen LogP contribution in [0.15, 0.2) is 54.6 Å². The summed E-state index contributed by atoms with van der Waals surface area (Å²) in [6, 6.07) is 14.0. The van der Waals surface area contributed by atoms with E-state index in [1.807, 2.05) is 0 Å². The van der Waals surface area contributed by atoms with Gasteiger partial charge in [0, 0.05) is 24.6 Å². The number of carbonyl (C=O) groups is 4.